The molecule has 0 fully saturated rings. The third-order valence-electron chi connectivity index (χ3n) is 19.2. The van der Waals surface area contributed by atoms with Crippen molar-refractivity contribution in [3.05, 3.63) is 24.3 Å². The van der Waals surface area contributed by atoms with Crippen LogP contribution in [0.4, 0.5) is 0 Å². The molecule has 0 aromatic rings. The van der Waals surface area contributed by atoms with Crippen molar-refractivity contribution in [2.45, 2.75) is 445 Å². The average molecular weight is 1500 g/mol. The summed E-state index contributed by atoms with van der Waals surface area (Å²) in [7, 11) is -9.93. The lowest BCUT2D eigenvalue weighted by Crippen LogP contribution is -2.30. The second-order valence-corrected chi connectivity index (χ2v) is 32.9. The number of rotatable bonds is 82. The minimum absolute atomic E-state index is 0.0844. The van der Waals surface area contributed by atoms with Gasteiger partial charge in [0.1, 0.15) is 19.3 Å². The molecule has 0 aliphatic heterocycles. The van der Waals surface area contributed by atoms with Crippen LogP contribution in [-0.2, 0) is 65.4 Å². The molecule has 0 radical (unpaired) electrons. The van der Waals surface area contributed by atoms with E-state index in [1.807, 2.05) is 0 Å². The van der Waals surface area contributed by atoms with Gasteiger partial charge in [0.15, 0.2) is 12.2 Å². The van der Waals surface area contributed by atoms with E-state index in [0.717, 1.165) is 109 Å². The summed E-state index contributed by atoms with van der Waals surface area (Å²) in [6.45, 7) is 7.19. The molecule has 608 valence electrons. The summed E-state index contributed by atoms with van der Waals surface area (Å²) < 4.78 is 68.7. The number of allylic oxidation sites excluding steroid dienone is 4. The number of esters is 4. The normalized spacial score (nSPS) is 14.0. The Balaban J connectivity index is 5.24. The van der Waals surface area contributed by atoms with E-state index in [1.165, 1.54) is 231 Å². The molecule has 0 aromatic heterocycles. The SMILES string of the molecule is CCCCCC/C=C\C=C/CCCCCCCC(=O)O[C@H](COC(=O)CCCCCCCCC(C)C)COP(=O)(O)OC[C@H](O)COP(=O)(O)OC[C@@H](COC(=O)CCCCCCCCCCCCCCCCCCCC)OC(=O)CCCCCCCCCCCCCCCCCCCCCCC. The zero-order valence-electron chi connectivity index (χ0n) is 66.9. The van der Waals surface area contributed by atoms with Gasteiger partial charge in [-0.05, 0) is 57.3 Å². The summed E-state index contributed by atoms with van der Waals surface area (Å²) in [6.07, 6.45) is 71.9. The summed E-state index contributed by atoms with van der Waals surface area (Å²) in [5.41, 5.74) is 0. The van der Waals surface area contributed by atoms with E-state index in [-0.39, 0.29) is 25.7 Å². The van der Waals surface area contributed by atoms with E-state index in [4.69, 9.17) is 37.0 Å². The smallest absolute Gasteiger partial charge is 0.462 e. The molecule has 19 heteroatoms. The fraction of sp³-hybridized carbons (Fsp3) is 0.905. The standard InChI is InChI=1S/C84H160O17P2/c1-6-9-12-15-18-21-24-27-30-32-34-35-36-38-41-44-47-50-53-60-65-69-83(88)100-79(73-94-81(86)67-62-57-51-48-45-42-40-37-33-31-28-25-22-19-16-13-10-7-2)75-98-102(90,91)96-71-78(85)72-97-103(92,93)99-76-80(74-95-82(87)68-63-58-55-54-56-61-66-77(4)5)101-84(89)70-64-59-52-49-46-43-39-29-26-23-20-17-14-11-8-3/h23,26,29,39,77-80,85H,6-22,24-25,27-28,30-38,40-76H2,1-5H3,(H,90,91)(H,92,93)/b26-23-,39-29-/t78-,79-,80-/m1/s1. The lowest BCUT2D eigenvalue weighted by atomic mass is 10.0. The molecule has 2 unspecified atom stereocenters. The monoisotopic (exact) mass is 1500 g/mol. The maximum atomic E-state index is 13.1. The molecule has 0 aliphatic rings. The number of aliphatic hydroxyl groups excluding tert-OH is 1. The van der Waals surface area contributed by atoms with Gasteiger partial charge in [0.05, 0.1) is 26.4 Å². The Morgan fingerprint density at radius 2 is 0.524 bits per heavy atom. The van der Waals surface area contributed by atoms with Crippen molar-refractivity contribution < 1.29 is 80.2 Å². The maximum absolute atomic E-state index is 13.1. The fourth-order valence-electron chi connectivity index (χ4n) is 12.6. The van der Waals surface area contributed by atoms with E-state index in [1.54, 1.807) is 0 Å². The van der Waals surface area contributed by atoms with Crippen LogP contribution >= 0.6 is 15.6 Å². The van der Waals surface area contributed by atoms with Crippen LogP contribution in [0.5, 0.6) is 0 Å². The van der Waals surface area contributed by atoms with Crippen molar-refractivity contribution >= 4 is 39.5 Å². The molecule has 3 N–H and O–H groups in total. The van der Waals surface area contributed by atoms with Crippen molar-refractivity contribution in [2.24, 2.45) is 5.92 Å². The van der Waals surface area contributed by atoms with Crippen molar-refractivity contribution in [1.29, 1.82) is 0 Å². The zero-order chi connectivity index (χ0) is 75.5. The Labute approximate surface area is 631 Å². The lowest BCUT2D eigenvalue weighted by molar-refractivity contribution is -0.161. The molecule has 0 bridgehead atoms. The van der Waals surface area contributed by atoms with Gasteiger partial charge >= 0.3 is 39.5 Å². The number of phosphoric ester groups is 2. The highest BCUT2D eigenvalue weighted by Crippen LogP contribution is 2.45. The number of ether oxygens (including phenoxy) is 4. The summed E-state index contributed by atoms with van der Waals surface area (Å²) in [5.74, 6) is -1.46. The zero-order valence-corrected chi connectivity index (χ0v) is 68.7. The van der Waals surface area contributed by atoms with Gasteiger partial charge in [-0.2, -0.15) is 0 Å². The first-order chi connectivity index (χ1) is 50.0. The van der Waals surface area contributed by atoms with Crippen LogP contribution in [0, 0.1) is 5.92 Å². The molecule has 0 amide bonds. The van der Waals surface area contributed by atoms with Crippen LogP contribution in [0.25, 0.3) is 0 Å². The molecule has 5 atom stereocenters. The highest BCUT2D eigenvalue weighted by Gasteiger charge is 2.30. The van der Waals surface area contributed by atoms with Gasteiger partial charge in [0.25, 0.3) is 0 Å². The predicted molar refractivity (Wildman–Crippen MR) is 423 cm³/mol. The van der Waals surface area contributed by atoms with Gasteiger partial charge in [0.2, 0.25) is 0 Å². The molecule has 0 rings (SSSR count). The lowest BCUT2D eigenvalue weighted by Gasteiger charge is -2.21. The van der Waals surface area contributed by atoms with Crippen LogP contribution in [-0.4, -0.2) is 96.7 Å². The van der Waals surface area contributed by atoms with Crippen LogP contribution < -0.4 is 0 Å². The number of carbonyl (C=O) groups is 4. The minimum atomic E-state index is -4.97. The van der Waals surface area contributed by atoms with Gasteiger partial charge in [-0.1, -0.05) is 374 Å². The van der Waals surface area contributed by atoms with E-state index in [9.17, 15) is 43.2 Å². The third kappa shape index (κ3) is 77.5. The molecular formula is C84H160O17P2. The Bertz CT molecular complexity index is 2060. The molecular weight excluding hydrogens is 1340 g/mol. The molecule has 0 heterocycles. The average Bonchev–Trinajstić information content (AvgIpc) is 0.924. The van der Waals surface area contributed by atoms with Crippen molar-refractivity contribution in [3.63, 3.8) is 0 Å². The molecule has 0 saturated heterocycles. The minimum Gasteiger partial charge on any atom is -0.462 e. The molecule has 103 heavy (non-hydrogen) atoms. The third-order valence-corrected chi connectivity index (χ3v) is 21.1. The number of unbranched alkanes of at least 4 members (excludes halogenated alkanes) is 51. The largest absolute Gasteiger partial charge is 0.472 e. The first-order valence-electron chi connectivity index (χ1n) is 43.0. The van der Waals surface area contributed by atoms with Crippen LogP contribution in [0.3, 0.4) is 0 Å². The Hall–Kier alpha value is -2.46. The molecule has 0 spiro atoms. The van der Waals surface area contributed by atoms with Gasteiger partial charge in [0, 0.05) is 25.7 Å². The fourth-order valence-corrected chi connectivity index (χ4v) is 14.2. The second-order valence-electron chi connectivity index (χ2n) is 30.0. The molecule has 0 aliphatic carbocycles. The highest BCUT2D eigenvalue weighted by atomic mass is 31.2. The topological polar surface area (TPSA) is 237 Å². The summed E-state index contributed by atoms with van der Waals surface area (Å²) in [4.78, 5) is 73.0. The molecule has 17 nitrogen and oxygen atoms in total. The number of aliphatic hydroxyl groups is 1. The second kappa shape index (κ2) is 76.3. The summed E-state index contributed by atoms with van der Waals surface area (Å²) >= 11 is 0. The van der Waals surface area contributed by atoms with Gasteiger partial charge < -0.3 is 33.8 Å². The van der Waals surface area contributed by atoms with Gasteiger partial charge in [-0.15, -0.1) is 0 Å². The summed E-state index contributed by atoms with van der Waals surface area (Å²) in [5, 5.41) is 10.6. The van der Waals surface area contributed by atoms with E-state index in [2.05, 4.69) is 58.9 Å². The Morgan fingerprint density at radius 1 is 0.301 bits per heavy atom. The van der Waals surface area contributed by atoms with Crippen molar-refractivity contribution in [1.82, 2.24) is 0 Å². The van der Waals surface area contributed by atoms with Gasteiger partial charge in [-0.3, -0.25) is 37.3 Å². The number of hydrogen-bond donors (Lipinski definition) is 3. The quantitative estimate of drug-likeness (QED) is 0.0169. The van der Waals surface area contributed by atoms with Crippen molar-refractivity contribution in [2.75, 3.05) is 39.6 Å². The Morgan fingerprint density at radius 3 is 0.796 bits per heavy atom. The first kappa shape index (κ1) is 101. The molecule has 0 saturated carbocycles. The summed E-state index contributed by atoms with van der Waals surface area (Å²) in [6, 6.07) is 0. The van der Waals surface area contributed by atoms with Crippen LogP contribution in [0.1, 0.15) is 426 Å². The number of carbonyl (C=O) groups excluding carboxylic acids is 4. The first-order valence-corrected chi connectivity index (χ1v) is 45.9. The number of phosphoric acid groups is 2. The van der Waals surface area contributed by atoms with Crippen molar-refractivity contribution in [3.8, 4) is 0 Å². The molecule has 0 aromatic carbocycles. The maximum Gasteiger partial charge on any atom is 0.472 e. The highest BCUT2D eigenvalue weighted by molar-refractivity contribution is 7.47. The van der Waals surface area contributed by atoms with E-state index < -0.39 is 97.5 Å². The van der Waals surface area contributed by atoms with Gasteiger partial charge in [-0.25, -0.2) is 9.13 Å². The van der Waals surface area contributed by atoms with E-state index in [0.29, 0.717) is 31.6 Å². The predicted octanol–water partition coefficient (Wildman–Crippen LogP) is 25.1. The van der Waals surface area contributed by atoms with Crippen LogP contribution in [0.2, 0.25) is 0 Å². The van der Waals surface area contributed by atoms with E-state index >= 15 is 0 Å². The Kier molecular flexibility index (Phi) is 74.5. The van der Waals surface area contributed by atoms with Crippen LogP contribution in [0.15, 0.2) is 24.3 Å². The number of hydrogen-bond acceptors (Lipinski definition) is 15.